The van der Waals surface area contributed by atoms with Crippen LogP contribution in [0.2, 0.25) is 0 Å². The maximum Gasteiger partial charge on any atom is 0.324 e. The van der Waals surface area contributed by atoms with Gasteiger partial charge in [0.15, 0.2) is 0 Å². The maximum absolute atomic E-state index is 13.3. The van der Waals surface area contributed by atoms with Gasteiger partial charge in [-0.3, -0.25) is 10.6 Å². The van der Waals surface area contributed by atoms with Crippen LogP contribution in [0.25, 0.3) is 16.5 Å². The molecule has 5 rings (SSSR count). The molecule has 0 saturated carbocycles. The van der Waals surface area contributed by atoms with Crippen molar-refractivity contribution < 1.29 is 14.3 Å². The molecular weight excluding hydrogens is 554 g/mol. The van der Waals surface area contributed by atoms with Gasteiger partial charge in [0, 0.05) is 41.9 Å². The van der Waals surface area contributed by atoms with Crippen molar-refractivity contribution in [1.82, 2.24) is 20.1 Å². The van der Waals surface area contributed by atoms with Gasteiger partial charge in [-0.1, -0.05) is 62.7 Å². The third-order valence-electron chi connectivity index (χ3n) is 7.07. The Morgan fingerprint density at radius 2 is 1.61 bits per heavy atom. The molecule has 0 fully saturated rings. The van der Waals surface area contributed by atoms with Crippen LogP contribution in [-0.4, -0.2) is 40.5 Å². The quantitative estimate of drug-likeness (QED) is 0.154. The van der Waals surface area contributed by atoms with Crippen LogP contribution in [0.15, 0.2) is 85.1 Å². The number of carbonyl (C=O) groups excluding carboxylic acids is 2. The largest absolute Gasteiger partial charge is 0.493 e. The molecule has 0 bridgehead atoms. The number of nitrogens with one attached hydrogen (secondary N) is 4. The summed E-state index contributed by atoms with van der Waals surface area (Å²) >= 11 is 0. The molecular formula is C34H37N7O3. The minimum Gasteiger partial charge on any atom is -0.493 e. The topological polar surface area (TPSA) is 122 Å². The highest BCUT2D eigenvalue weighted by Gasteiger charge is 2.22. The maximum atomic E-state index is 13.3. The molecule has 0 atom stereocenters. The van der Waals surface area contributed by atoms with Gasteiger partial charge < -0.3 is 15.4 Å². The molecule has 0 saturated heterocycles. The van der Waals surface area contributed by atoms with Crippen LogP contribution in [-0.2, 0) is 11.8 Å². The summed E-state index contributed by atoms with van der Waals surface area (Å²) in [6.07, 6.45) is 2.27. The summed E-state index contributed by atoms with van der Waals surface area (Å²) in [5.74, 6) is 1.75. The van der Waals surface area contributed by atoms with Gasteiger partial charge in [0.2, 0.25) is 0 Å². The Morgan fingerprint density at radius 1 is 0.864 bits per heavy atom. The fourth-order valence-corrected chi connectivity index (χ4v) is 4.65. The van der Waals surface area contributed by atoms with Crippen molar-refractivity contribution in [2.24, 2.45) is 0 Å². The van der Waals surface area contributed by atoms with Crippen LogP contribution in [0.3, 0.4) is 0 Å². The van der Waals surface area contributed by atoms with E-state index in [1.54, 1.807) is 17.9 Å². The van der Waals surface area contributed by atoms with Crippen molar-refractivity contribution >= 4 is 40.2 Å². The molecule has 0 spiro atoms. The first-order valence-corrected chi connectivity index (χ1v) is 14.4. The fourth-order valence-electron chi connectivity index (χ4n) is 4.65. The van der Waals surface area contributed by atoms with Crippen LogP contribution in [0.4, 0.5) is 26.9 Å². The number of urea groups is 2. The van der Waals surface area contributed by atoms with E-state index < -0.39 is 0 Å². The number of rotatable bonds is 8. The second-order valence-corrected chi connectivity index (χ2v) is 11.5. The standard InChI is InChI=1S/C34H37N7O3/c1-22-10-12-24(13-11-22)41-31(21-29(40-41)34(2,3)4)39-33(43)37-27-14-15-28(26-9-7-6-8-25(26)27)44-19-17-23-16-18-36-30(20-23)38-32(42)35-5/h6-16,18,20-21H,17,19H2,1-5H3,(H2,37,39,43)(H2,35,36,38,42). The average molecular weight is 592 g/mol. The molecule has 5 aromatic rings. The first-order valence-electron chi connectivity index (χ1n) is 14.4. The SMILES string of the molecule is CNC(=O)Nc1cc(CCOc2ccc(NC(=O)Nc3cc(C(C)(C)C)nn3-c3ccc(C)cc3)c3ccccc23)ccn1. The Hall–Kier alpha value is -5.38. The van der Waals surface area contributed by atoms with E-state index in [9.17, 15) is 9.59 Å². The zero-order chi connectivity index (χ0) is 31.3. The van der Waals surface area contributed by atoms with E-state index in [0.29, 0.717) is 36.1 Å². The van der Waals surface area contributed by atoms with Crippen molar-refractivity contribution in [2.45, 2.75) is 39.5 Å². The first kappa shape index (κ1) is 30.1. The molecule has 4 amide bonds. The van der Waals surface area contributed by atoms with Crippen LogP contribution >= 0.6 is 0 Å². The Labute approximate surface area is 256 Å². The molecule has 0 aliphatic rings. The van der Waals surface area contributed by atoms with Crippen molar-refractivity contribution in [1.29, 1.82) is 0 Å². The van der Waals surface area contributed by atoms with E-state index in [-0.39, 0.29) is 17.5 Å². The molecule has 3 aromatic carbocycles. The monoisotopic (exact) mass is 591 g/mol. The van der Waals surface area contributed by atoms with E-state index in [1.165, 1.54) is 0 Å². The van der Waals surface area contributed by atoms with E-state index in [1.807, 2.05) is 85.8 Å². The third kappa shape index (κ3) is 7.15. The number of ether oxygens (including phenoxy) is 1. The number of amides is 4. The lowest BCUT2D eigenvalue weighted by Crippen LogP contribution is -2.25. The molecule has 2 aromatic heterocycles. The van der Waals surface area contributed by atoms with Gasteiger partial charge in [-0.2, -0.15) is 5.10 Å². The number of hydrogen-bond acceptors (Lipinski definition) is 5. The highest BCUT2D eigenvalue weighted by molar-refractivity contribution is 6.07. The molecule has 0 unspecified atom stereocenters. The number of aryl methyl sites for hydroxylation is 1. The number of benzene rings is 3. The van der Waals surface area contributed by atoms with E-state index in [0.717, 1.165) is 33.3 Å². The van der Waals surface area contributed by atoms with Crippen molar-refractivity contribution in [3.05, 3.63) is 102 Å². The van der Waals surface area contributed by atoms with Crippen molar-refractivity contribution in [3.63, 3.8) is 0 Å². The second kappa shape index (κ2) is 12.9. The predicted molar refractivity (Wildman–Crippen MR) is 175 cm³/mol. The number of hydrogen-bond donors (Lipinski definition) is 4. The van der Waals surface area contributed by atoms with Gasteiger partial charge in [0.05, 0.1) is 23.7 Å². The van der Waals surface area contributed by atoms with Gasteiger partial charge in [-0.25, -0.2) is 19.3 Å². The van der Waals surface area contributed by atoms with Crippen LogP contribution < -0.4 is 26.0 Å². The molecule has 2 heterocycles. The molecule has 4 N–H and O–H groups in total. The zero-order valence-electron chi connectivity index (χ0n) is 25.6. The molecule has 0 aliphatic carbocycles. The minimum atomic E-state index is -0.378. The normalized spacial score (nSPS) is 11.2. The Kier molecular flexibility index (Phi) is 8.80. The third-order valence-corrected chi connectivity index (χ3v) is 7.07. The minimum absolute atomic E-state index is 0.197. The van der Waals surface area contributed by atoms with Gasteiger partial charge in [-0.15, -0.1) is 0 Å². The lowest BCUT2D eigenvalue weighted by Gasteiger charge is -2.14. The number of carbonyl (C=O) groups is 2. The highest BCUT2D eigenvalue weighted by atomic mass is 16.5. The van der Waals surface area contributed by atoms with Gasteiger partial charge in [0.1, 0.15) is 17.4 Å². The average Bonchev–Trinajstić information content (AvgIpc) is 3.43. The first-order chi connectivity index (χ1) is 21.1. The summed E-state index contributed by atoms with van der Waals surface area (Å²) in [4.78, 5) is 29.1. The number of anilines is 3. The van der Waals surface area contributed by atoms with Crippen molar-refractivity contribution in [2.75, 3.05) is 29.6 Å². The smallest absolute Gasteiger partial charge is 0.324 e. The van der Waals surface area contributed by atoms with Gasteiger partial charge in [0.25, 0.3) is 0 Å². The van der Waals surface area contributed by atoms with Gasteiger partial charge >= 0.3 is 12.1 Å². The lowest BCUT2D eigenvalue weighted by atomic mass is 9.92. The lowest BCUT2D eigenvalue weighted by molar-refractivity contribution is 0.254. The van der Waals surface area contributed by atoms with Crippen LogP contribution in [0.1, 0.15) is 37.6 Å². The summed E-state index contributed by atoms with van der Waals surface area (Å²) < 4.78 is 7.93. The summed E-state index contributed by atoms with van der Waals surface area (Å²) in [6.45, 7) is 8.72. The number of pyridine rings is 1. The molecule has 10 heteroatoms. The fraction of sp³-hybridized carbons (Fsp3) is 0.235. The molecule has 44 heavy (non-hydrogen) atoms. The summed E-state index contributed by atoms with van der Waals surface area (Å²) in [6, 6.07) is 24.4. The Balaban J connectivity index is 1.31. The van der Waals surface area contributed by atoms with E-state index in [4.69, 9.17) is 9.84 Å². The predicted octanol–water partition coefficient (Wildman–Crippen LogP) is 7.04. The van der Waals surface area contributed by atoms with Crippen molar-refractivity contribution in [3.8, 4) is 11.4 Å². The number of fused-ring (bicyclic) bond motifs is 1. The Morgan fingerprint density at radius 3 is 2.34 bits per heavy atom. The van der Waals surface area contributed by atoms with E-state index in [2.05, 4.69) is 47.0 Å². The molecule has 226 valence electrons. The van der Waals surface area contributed by atoms with Crippen LogP contribution in [0, 0.1) is 6.92 Å². The number of aromatic nitrogens is 3. The molecule has 0 aliphatic heterocycles. The van der Waals surface area contributed by atoms with E-state index >= 15 is 0 Å². The molecule has 10 nitrogen and oxygen atoms in total. The summed E-state index contributed by atoms with van der Waals surface area (Å²) in [5, 5.41) is 17.7. The molecule has 0 radical (unpaired) electrons. The summed E-state index contributed by atoms with van der Waals surface area (Å²) in [7, 11) is 1.55. The highest BCUT2D eigenvalue weighted by Crippen LogP contribution is 2.32. The summed E-state index contributed by atoms with van der Waals surface area (Å²) in [5.41, 5.74) is 4.30. The Bertz CT molecular complexity index is 1790. The van der Waals surface area contributed by atoms with Crippen LogP contribution in [0.5, 0.6) is 5.75 Å². The zero-order valence-corrected chi connectivity index (χ0v) is 25.6. The van der Waals surface area contributed by atoms with Gasteiger partial charge in [-0.05, 0) is 48.9 Å². The number of nitrogens with zero attached hydrogens (tertiary/aromatic N) is 3. The second-order valence-electron chi connectivity index (χ2n) is 11.5.